The second kappa shape index (κ2) is 6.91. The number of hydrogen-bond acceptors (Lipinski definition) is 4. The number of carbonyl (C=O) groups is 3. The number of nitriles is 1. The maximum Gasteiger partial charge on any atom is 0.325 e. The summed E-state index contributed by atoms with van der Waals surface area (Å²) >= 11 is 0. The van der Waals surface area contributed by atoms with Gasteiger partial charge in [-0.05, 0) is 12.1 Å². The van der Waals surface area contributed by atoms with E-state index in [0.29, 0.717) is 5.69 Å². The molecule has 0 atom stereocenters. The van der Waals surface area contributed by atoms with Gasteiger partial charge in [-0.2, -0.15) is 5.26 Å². The van der Waals surface area contributed by atoms with E-state index in [2.05, 4.69) is 0 Å². The van der Waals surface area contributed by atoms with Gasteiger partial charge in [-0.25, -0.2) is 4.79 Å². The van der Waals surface area contributed by atoms with Gasteiger partial charge in [0.1, 0.15) is 19.2 Å². The Morgan fingerprint density at radius 1 is 1.29 bits per heavy atom. The van der Waals surface area contributed by atoms with Gasteiger partial charge in [0.15, 0.2) is 0 Å². The molecular formula is C13H14N4O4. The van der Waals surface area contributed by atoms with Crippen LogP contribution < -0.4 is 10.6 Å². The van der Waals surface area contributed by atoms with Crippen molar-refractivity contribution in [1.29, 1.82) is 5.26 Å². The second-order valence-electron chi connectivity index (χ2n) is 4.19. The molecule has 21 heavy (non-hydrogen) atoms. The van der Waals surface area contributed by atoms with E-state index >= 15 is 0 Å². The van der Waals surface area contributed by atoms with Crippen LogP contribution >= 0.6 is 0 Å². The minimum Gasteiger partial charge on any atom is -0.480 e. The number of urea groups is 1. The van der Waals surface area contributed by atoms with Crippen LogP contribution in [-0.2, 0) is 9.59 Å². The van der Waals surface area contributed by atoms with Gasteiger partial charge in [0, 0.05) is 7.05 Å². The fraction of sp³-hybridized carbons (Fsp3) is 0.231. The summed E-state index contributed by atoms with van der Waals surface area (Å²) in [5, 5.41) is 17.8. The standard InChI is InChI=1S/C13H14N4O4/c1-16(10-5-3-2-4-9(10)6-14)13(21)17(7-11(15)18)8-12(19)20/h2-5H,7-8H2,1H3,(H2,15,18)(H,19,20). The third-order valence-corrected chi connectivity index (χ3v) is 2.62. The monoisotopic (exact) mass is 290 g/mol. The van der Waals surface area contributed by atoms with E-state index < -0.39 is 31.0 Å². The summed E-state index contributed by atoms with van der Waals surface area (Å²) in [6.07, 6.45) is 0. The quantitative estimate of drug-likeness (QED) is 0.788. The van der Waals surface area contributed by atoms with Crippen molar-refractivity contribution < 1.29 is 19.5 Å². The molecule has 0 spiro atoms. The maximum atomic E-state index is 12.3. The van der Waals surface area contributed by atoms with E-state index in [1.807, 2.05) is 6.07 Å². The number of nitrogens with zero attached hydrogens (tertiary/aromatic N) is 3. The van der Waals surface area contributed by atoms with Crippen molar-refractivity contribution in [3.8, 4) is 6.07 Å². The maximum absolute atomic E-state index is 12.3. The molecule has 0 aliphatic rings. The van der Waals surface area contributed by atoms with Crippen molar-refractivity contribution in [3.63, 3.8) is 0 Å². The molecule has 0 heterocycles. The minimum atomic E-state index is -1.27. The number of nitrogens with two attached hydrogens (primary N) is 1. The fourth-order valence-electron chi connectivity index (χ4n) is 1.72. The number of amides is 3. The number of carbonyl (C=O) groups excluding carboxylic acids is 2. The van der Waals surface area contributed by atoms with Crippen LogP contribution in [0.4, 0.5) is 10.5 Å². The predicted octanol–water partition coefficient (Wildman–Crippen LogP) is -0.0136. The summed E-state index contributed by atoms with van der Waals surface area (Å²) in [7, 11) is 1.38. The van der Waals surface area contributed by atoms with E-state index in [1.54, 1.807) is 18.2 Å². The topological polar surface area (TPSA) is 128 Å². The first kappa shape index (κ1) is 16.0. The van der Waals surface area contributed by atoms with Crippen LogP contribution in [0.3, 0.4) is 0 Å². The smallest absolute Gasteiger partial charge is 0.325 e. The van der Waals surface area contributed by atoms with E-state index in [4.69, 9.17) is 16.1 Å². The molecule has 1 aromatic carbocycles. The Morgan fingerprint density at radius 3 is 2.43 bits per heavy atom. The summed E-state index contributed by atoms with van der Waals surface area (Å²) < 4.78 is 0. The van der Waals surface area contributed by atoms with Crippen LogP contribution in [0.25, 0.3) is 0 Å². The SMILES string of the molecule is CN(C(=O)N(CC(N)=O)CC(=O)O)c1ccccc1C#N. The molecule has 0 aliphatic heterocycles. The molecule has 0 unspecified atom stereocenters. The van der Waals surface area contributed by atoms with Crippen LogP contribution in [0.5, 0.6) is 0 Å². The molecule has 1 aromatic rings. The molecule has 0 saturated heterocycles. The first-order valence-corrected chi connectivity index (χ1v) is 5.88. The lowest BCUT2D eigenvalue weighted by Crippen LogP contribution is -2.47. The number of para-hydroxylation sites is 1. The van der Waals surface area contributed by atoms with Crippen molar-refractivity contribution in [2.24, 2.45) is 5.73 Å². The molecule has 0 bridgehead atoms. The van der Waals surface area contributed by atoms with E-state index in [0.717, 1.165) is 9.80 Å². The highest BCUT2D eigenvalue weighted by Crippen LogP contribution is 2.19. The van der Waals surface area contributed by atoms with E-state index in [-0.39, 0.29) is 5.56 Å². The van der Waals surface area contributed by atoms with Gasteiger partial charge < -0.3 is 15.7 Å². The Hall–Kier alpha value is -3.08. The molecule has 0 fully saturated rings. The van der Waals surface area contributed by atoms with Gasteiger partial charge in [0.25, 0.3) is 0 Å². The largest absolute Gasteiger partial charge is 0.480 e. The molecule has 0 aromatic heterocycles. The number of rotatable bonds is 5. The molecule has 3 N–H and O–H groups in total. The summed E-state index contributed by atoms with van der Waals surface area (Å²) in [6, 6.07) is 7.53. The van der Waals surface area contributed by atoms with Crippen LogP contribution in [0.15, 0.2) is 24.3 Å². The van der Waals surface area contributed by atoms with Crippen molar-refractivity contribution in [2.45, 2.75) is 0 Å². The van der Waals surface area contributed by atoms with Gasteiger partial charge in [-0.15, -0.1) is 0 Å². The first-order chi connectivity index (χ1) is 9.86. The lowest BCUT2D eigenvalue weighted by molar-refractivity contribution is -0.137. The lowest BCUT2D eigenvalue weighted by Gasteiger charge is -2.26. The Kier molecular flexibility index (Phi) is 5.25. The minimum absolute atomic E-state index is 0.253. The molecule has 0 radical (unpaired) electrons. The molecule has 0 saturated carbocycles. The highest BCUT2D eigenvalue weighted by Gasteiger charge is 2.24. The van der Waals surface area contributed by atoms with Crippen molar-refractivity contribution >= 4 is 23.6 Å². The third-order valence-electron chi connectivity index (χ3n) is 2.62. The Morgan fingerprint density at radius 2 is 1.90 bits per heavy atom. The average molecular weight is 290 g/mol. The fourth-order valence-corrected chi connectivity index (χ4v) is 1.72. The second-order valence-corrected chi connectivity index (χ2v) is 4.19. The summed E-state index contributed by atoms with van der Waals surface area (Å²) in [4.78, 5) is 35.8. The van der Waals surface area contributed by atoms with Gasteiger partial charge >= 0.3 is 12.0 Å². The summed E-state index contributed by atoms with van der Waals surface area (Å²) in [5.74, 6) is -2.10. The summed E-state index contributed by atoms with van der Waals surface area (Å²) in [5.41, 5.74) is 5.57. The lowest BCUT2D eigenvalue weighted by atomic mass is 10.2. The van der Waals surface area contributed by atoms with Gasteiger partial charge in [-0.3, -0.25) is 14.5 Å². The van der Waals surface area contributed by atoms with Crippen LogP contribution in [0.1, 0.15) is 5.56 Å². The highest BCUT2D eigenvalue weighted by atomic mass is 16.4. The molecule has 110 valence electrons. The average Bonchev–Trinajstić information content (AvgIpc) is 2.44. The van der Waals surface area contributed by atoms with Crippen LogP contribution in [-0.4, -0.2) is 48.1 Å². The number of aliphatic carboxylic acids is 1. The Bertz CT molecular complexity index is 592. The molecule has 8 nitrogen and oxygen atoms in total. The zero-order chi connectivity index (χ0) is 16.0. The zero-order valence-electron chi connectivity index (χ0n) is 11.3. The van der Waals surface area contributed by atoms with Crippen molar-refractivity contribution in [1.82, 2.24) is 4.90 Å². The van der Waals surface area contributed by atoms with Crippen LogP contribution in [0, 0.1) is 11.3 Å². The van der Waals surface area contributed by atoms with Gasteiger partial charge in [-0.1, -0.05) is 12.1 Å². The number of carboxylic acids is 1. The molecular weight excluding hydrogens is 276 g/mol. The number of hydrogen-bond donors (Lipinski definition) is 2. The first-order valence-electron chi connectivity index (χ1n) is 5.88. The van der Waals surface area contributed by atoms with E-state index in [1.165, 1.54) is 13.1 Å². The number of primary amides is 1. The van der Waals surface area contributed by atoms with Crippen molar-refractivity contribution in [2.75, 3.05) is 25.0 Å². The normalized spacial score (nSPS) is 9.52. The van der Waals surface area contributed by atoms with Gasteiger partial charge in [0.05, 0.1) is 11.3 Å². The highest BCUT2D eigenvalue weighted by molar-refractivity contribution is 5.96. The number of anilines is 1. The molecule has 1 rings (SSSR count). The van der Waals surface area contributed by atoms with Crippen LogP contribution in [0.2, 0.25) is 0 Å². The molecule has 8 heteroatoms. The Balaban J connectivity index is 3.05. The van der Waals surface area contributed by atoms with Gasteiger partial charge in [0.2, 0.25) is 5.91 Å². The zero-order valence-corrected chi connectivity index (χ0v) is 11.3. The molecule has 0 aliphatic carbocycles. The number of carboxylic acid groups (broad SMARTS) is 1. The van der Waals surface area contributed by atoms with Crippen molar-refractivity contribution in [3.05, 3.63) is 29.8 Å². The number of benzene rings is 1. The van der Waals surface area contributed by atoms with E-state index in [9.17, 15) is 14.4 Å². The Labute approximate surface area is 121 Å². The summed E-state index contributed by atoms with van der Waals surface area (Å²) in [6.45, 7) is -1.19. The molecule has 3 amide bonds. The predicted molar refractivity (Wildman–Crippen MR) is 73.4 cm³/mol. The third kappa shape index (κ3) is 4.21.